The van der Waals surface area contributed by atoms with E-state index in [0.29, 0.717) is 28.8 Å². The van der Waals surface area contributed by atoms with E-state index in [4.69, 9.17) is 26.2 Å². The highest BCUT2D eigenvalue weighted by atomic mass is 19.1. The van der Waals surface area contributed by atoms with E-state index < -0.39 is 5.82 Å². The first-order valence-electron chi connectivity index (χ1n) is 15.9. The summed E-state index contributed by atoms with van der Waals surface area (Å²) in [5.41, 5.74) is 3.12. The number of likely N-dealkylation sites (tertiary alicyclic amines) is 1. The molecule has 0 atom stereocenters. The smallest absolute Gasteiger partial charge is 0.182 e. The molecule has 2 aromatic heterocycles. The van der Waals surface area contributed by atoms with Crippen molar-refractivity contribution in [1.82, 2.24) is 24.6 Å². The molecule has 3 aromatic carbocycles. The zero-order chi connectivity index (χ0) is 30.5. The number of hydrogen-bond donors (Lipinski definition) is 1. The summed E-state index contributed by atoms with van der Waals surface area (Å²) in [4.78, 5) is 15.0. The maximum atomic E-state index is 14.9. The first-order valence-corrected chi connectivity index (χ1v) is 15.9. The molecule has 0 amide bonds. The van der Waals surface area contributed by atoms with Crippen molar-refractivity contribution in [2.45, 2.75) is 37.6 Å². The van der Waals surface area contributed by atoms with Gasteiger partial charge in [-0.3, -0.25) is 4.68 Å². The highest BCUT2D eigenvalue weighted by Gasteiger charge is 2.47. The molecule has 9 heteroatoms. The minimum Gasteiger partial charge on any atom is -0.508 e. The minimum atomic E-state index is -0.471. The number of anilines is 1. The van der Waals surface area contributed by atoms with Gasteiger partial charge in [-0.15, -0.1) is 6.42 Å². The van der Waals surface area contributed by atoms with Crippen molar-refractivity contribution in [3.05, 3.63) is 66.1 Å². The monoisotopic (exact) mass is 602 g/mol. The lowest BCUT2D eigenvalue weighted by atomic mass is 9.93. The van der Waals surface area contributed by atoms with Crippen molar-refractivity contribution in [2.75, 3.05) is 50.8 Å². The number of ether oxygens (including phenoxy) is 1. The molecular formula is C36H35FN6O2. The van der Waals surface area contributed by atoms with Gasteiger partial charge >= 0.3 is 0 Å². The van der Waals surface area contributed by atoms with E-state index >= 15 is 0 Å². The van der Waals surface area contributed by atoms with Crippen molar-refractivity contribution in [2.24, 2.45) is 0 Å². The van der Waals surface area contributed by atoms with E-state index in [0.717, 1.165) is 73.5 Å². The number of rotatable bonds is 6. The van der Waals surface area contributed by atoms with Gasteiger partial charge < -0.3 is 19.6 Å². The van der Waals surface area contributed by atoms with Crippen LogP contribution in [0, 0.1) is 18.2 Å². The van der Waals surface area contributed by atoms with Gasteiger partial charge in [0.15, 0.2) is 5.82 Å². The molecule has 4 heterocycles. The van der Waals surface area contributed by atoms with Crippen molar-refractivity contribution in [1.29, 1.82) is 0 Å². The number of aromatic hydroxyl groups is 1. The first-order chi connectivity index (χ1) is 22.0. The molecule has 228 valence electrons. The van der Waals surface area contributed by atoms with Gasteiger partial charge in [0.1, 0.15) is 23.1 Å². The Morgan fingerprint density at radius 1 is 0.956 bits per heavy atom. The predicted molar refractivity (Wildman–Crippen MR) is 174 cm³/mol. The van der Waals surface area contributed by atoms with Gasteiger partial charge in [-0.2, -0.15) is 5.10 Å². The first kappa shape index (κ1) is 28.0. The Labute approximate surface area is 261 Å². The van der Waals surface area contributed by atoms with Gasteiger partial charge in [0, 0.05) is 43.2 Å². The van der Waals surface area contributed by atoms with Gasteiger partial charge in [-0.1, -0.05) is 18.1 Å². The third-order valence-electron chi connectivity index (χ3n) is 9.55. The van der Waals surface area contributed by atoms with E-state index in [1.54, 1.807) is 18.2 Å². The average Bonchev–Trinajstić information content (AvgIpc) is 3.47. The molecular weight excluding hydrogens is 567 g/mol. The molecule has 8 rings (SSSR count). The number of fused-ring (bicyclic) bond motifs is 2. The number of aromatic nitrogens is 4. The normalized spacial score (nSPS) is 18.4. The van der Waals surface area contributed by atoms with Crippen molar-refractivity contribution in [3.8, 4) is 40.7 Å². The second-order valence-corrected chi connectivity index (χ2v) is 12.6. The lowest BCUT2D eigenvalue weighted by Crippen LogP contribution is -2.34. The van der Waals surface area contributed by atoms with E-state index in [9.17, 15) is 9.50 Å². The molecule has 0 radical (unpaired) electrons. The molecule has 0 spiro atoms. The van der Waals surface area contributed by atoms with Crippen LogP contribution < -0.4 is 4.90 Å². The largest absolute Gasteiger partial charge is 0.508 e. The molecule has 0 unspecified atom stereocenters. The molecule has 45 heavy (non-hydrogen) atoms. The SMILES string of the molecule is C#Cc1c(F)ccc2cc(O)cc(-c3ccc4c(N5CCCOCC5)nc(-c5ccn(C6(CN7CCCC7)CC6)n5)nc4c3)c12. The maximum Gasteiger partial charge on any atom is 0.182 e. The van der Waals surface area contributed by atoms with Crippen LogP contribution in [0.4, 0.5) is 10.2 Å². The fourth-order valence-corrected chi connectivity index (χ4v) is 7.06. The fourth-order valence-electron chi connectivity index (χ4n) is 7.06. The third-order valence-corrected chi connectivity index (χ3v) is 9.55. The molecule has 1 saturated carbocycles. The summed E-state index contributed by atoms with van der Waals surface area (Å²) >= 11 is 0. The van der Waals surface area contributed by atoms with Crippen LogP contribution in [0.3, 0.4) is 0 Å². The zero-order valence-corrected chi connectivity index (χ0v) is 25.2. The topological polar surface area (TPSA) is 79.5 Å². The van der Waals surface area contributed by atoms with Crippen molar-refractivity contribution in [3.63, 3.8) is 0 Å². The van der Waals surface area contributed by atoms with Crippen molar-refractivity contribution >= 4 is 27.5 Å². The Morgan fingerprint density at radius 2 is 1.82 bits per heavy atom. The minimum absolute atomic E-state index is 0.0535. The maximum absolute atomic E-state index is 14.9. The van der Waals surface area contributed by atoms with Gasteiger partial charge in [-0.05, 0) is 98.1 Å². The average molecular weight is 603 g/mol. The van der Waals surface area contributed by atoms with Crippen LogP contribution in [0.25, 0.3) is 44.3 Å². The number of phenolic OH excluding ortho intramolecular Hbond substituents is 1. The van der Waals surface area contributed by atoms with E-state index in [1.807, 2.05) is 24.3 Å². The standard InChI is InChI=1S/C36H35FN6O2/c1-2-27-30(37)9-7-25-20-26(44)22-29(33(25)27)24-6-8-28-32(21-24)38-34(39-35(28)42-15-5-18-45-19-17-42)31-10-16-43(40-31)36(11-12-36)23-41-13-3-4-14-41/h1,6-10,16,20-22,44H,3-5,11-15,17-19,23H2. The van der Waals surface area contributed by atoms with Gasteiger partial charge in [0.25, 0.3) is 0 Å². The summed E-state index contributed by atoms with van der Waals surface area (Å²) in [6.07, 6.45) is 13.6. The third kappa shape index (κ3) is 5.08. The zero-order valence-electron chi connectivity index (χ0n) is 25.2. The van der Waals surface area contributed by atoms with Crippen LogP contribution in [0.1, 0.15) is 37.7 Å². The van der Waals surface area contributed by atoms with Gasteiger partial charge in [-0.25, -0.2) is 14.4 Å². The molecule has 5 aromatic rings. The van der Waals surface area contributed by atoms with Crippen LogP contribution in [-0.2, 0) is 10.3 Å². The summed E-state index contributed by atoms with van der Waals surface area (Å²) in [6, 6.07) is 14.2. The molecule has 8 nitrogen and oxygen atoms in total. The lowest BCUT2D eigenvalue weighted by Gasteiger charge is -2.23. The fraction of sp³-hybridized carbons (Fsp3) is 0.361. The summed E-state index contributed by atoms with van der Waals surface area (Å²) in [5.74, 6) is 3.53. The van der Waals surface area contributed by atoms with E-state index in [1.165, 1.54) is 32.0 Å². The number of phenols is 1. The second kappa shape index (κ2) is 11.1. The number of hydrogen-bond acceptors (Lipinski definition) is 7. The van der Waals surface area contributed by atoms with Crippen LogP contribution >= 0.6 is 0 Å². The van der Waals surface area contributed by atoms with E-state index in [2.05, 4.69) is 26.6 Å². The van der Waals surface area contributed by atoms with Crippen LogP contribution in [0.15, 0.2) is 54.7 Å². The van der Waals surface area contributed by atoms with Crippen LogP contribution in [-0.4, -0.2) is 75.7 Å². The highest BCUT2D eigenvalue weighted by Crippen LogP contribution is 2.45. The molecule has 3 fully saturated rings. The molecule has 2 saturated heterocycles. The summed E-state index contributed by atoms with van der Waals surface area (Å²) < 4.78 is 22.8. The molecule has 2 aliphatic heterocycles. The number of nitrogens with zero attached hydrogens (tertiary/aromatic N) is 6. The molecule has 3 aliphatic rings. The number of benzene rings is 3. The van der Waals surface area contributed by atoms with Crippen molar-refractivity contribution < 1.29 is 14.2 Å². The highest BCUT2D eigenvalue weighted by molar-refractivity contribution is 6.04. The Balaban J connectivity index is 1.26. The quantitative estimate of drug-likeness (QED) is 0.241. The number of halogens is 1. The molecule has 0 bridgehead atoms. The molecule has 1 aliphatic carbocycles. The summed E-state index contributed by atoms with van der Waals surface area (Å²) in [5, 5.41) is 17.8. The summed E-state index contributed by atoms with van der Waals surface area (Å²) in [7, 11) is 0. The number of terminal acetylenes is 1. The lowest BCUT2D eigenvalue weighted by molar-refractivity contribution is 0.152. The molecule has 1 N–H and O–H groups in total. The van der Waals surface area contributed by atoms with Crippen LogP contribution in [0.2, 0.25) is 0 Å². The summed E-state index contributed by atoms with van der Waals surface area (Å²) in [6.45, 7) is 6.26. The van der Waals surface area contributed by atoms with Gasteiger partial charge in [0.2, 0.25) is 0 Å². The Kier molecular flexibility index (Phi) is 6.92. The Bertz CT molecular complexity index is 1960. The Hall–Kier alpha value is -4.52. The van der Waals surface area contributed by atoms with Gasteiger partial charge in [0.05, 0.1) is 23.2 Å². The second-order valence-electron chi connectivity index (χ2n) is 12.6. The Morgan fingerprint density at radius 3 is 2.64 bits per heavy atom. The predicted octanol–water partition coefficient (Wildman–Crippen LogP) is 5.95. The van der Waals surface area contributed by atoms with Crippen LogP contribution in [0.5, 0.6) is 5.75 Å². The van der Waals surface area contributed by atoms with E-state index in [-0.39, 0.29) is 16.9 Å².